The van der Waals surface area contributed by atoms with Crippen LogP contribution in [0.15, 0.2) is 12.5 Å². The lowest BCUT2D eigenvalue weighted by atomic mass is 10.0. The van der Waals surface area contributed by atoms with E-state index in [0.717, 1.165) is 25.3 Å². The Hall–Kier alpha value is -0.910. The van der Waals surface area contributed by atoms with Gasteiger partial charge in [0, 0.05) is 32.4 Å². The maximum atomic E-state index is 5.88. The number of rotatable bonds is 4. The Bertz CT molecular complexity index is 343. The predicted molar refractivity (Wildman–Crippen MR) is 60.0 cm³/mol. The molecule has 1 aliphatic rings. The second-order valence-electron chi connectivity index (χ2n) is 4.42. The molecule has 0 aromatic carbocycles. The summed E-state index contributed by atoms with van der Waals surface area (Å²) in [5, 5.41) is 0. The highest BCUT2D eigenvalue weighted by Gasteiger charge is 2.35. The van der Waals surface area contributed by atoms with Gasteiger partial charge in [-0.25, -0.2) is 4.98 Å². The van der Waals surface area contributed by atoms with Crippen LogP contribution in [0.25, 0.3) is 0 Å². The summed E-state index contributed by atoms with van der Waals surface area (Å²) in [5.41, 5.74) is 6.70. The van der Waals surface area contributed by atoms with Crippen molar-refractivity contribution in [3.8, 4) is 0 Å². The lowest BCUT2D eigenvalue weighted by molar-refractivity contribution is -0.0300. The van der Waals surface area contributed by atoms with Crippen LogP contribution >= 0.6 is 0 Å². The highest BCUT2D eigenvalue weighted by atomic mass is 16.5. The van der Waals surface area contributed by atoms with E-state index in [1.165, 1.54) is 0 Å². The van der Waals surface area contributed by atoms with E-state index in [2.05, 4.69) is 9.55 Å². The predicted octanol–water partition coefficient (Wildman–Crippen LogP) is 0.708. The summed E-state index contributed by atoms with van der Waals surface area (Å²) in [7, 11) is 1.73. The van der Waals surface area contributed by atoms with Gasteiger partial charge in [-0.3, -0.25) is 0 Å². The van der Waals surface area contributed by atoms with Gasteiger partial charge in [0.2, 0.25) is 0 Å². The molecule has 0 amide bonds. The highest BCUT2D eigenvalue weighted by Crippen LogP contribution is 2.25. The van der Waals surface area contributed by atoms with Crippen molar-refractivity contribution in [3.05, 3.63) is 18.2 Å². The second-order valence-corrected chi connectivity index (χ2v) is 4.42. The summed E-state index contributed by atoms with van der Waals surface area (Å²) >= 11 is 0. The van der Waals surface area contributed by atoms with Crippen molar-refractivity contribution in [2.75, 3.05) is 20.3 Å². The van der Waals surface area contributed by atoms with Crippen LogP contribution in [0.1, 0.15) is 25.1 Å². The van der Waals surface area contributed by atoms with Crippen LogP contribution in [0.4, 0.5) is 0 Å². The van der Waals surface area contributed by atoms with Gasteiger partial charge in [-0.1, -0.05) is 0 Å². The number of hydrogen-bond acceptors (Lipinski definition) is 4. The molecule has 1 aromatic rings. The Balaban J connectivity index is 2.16. The normalized spacial score (nSPS) is 27.2. The van der Waals surface area contributed by atoms with E-state index in [-0.39, 0.29) is 11.6 Å². The van der Waals surface area contributed by atoms with Gasteiger partial charge in [0.15, 0.2) is 0 Å². The zero-order valence-corrected chi connectivity index (χ0v) is 9.85. The molecule has 0 spiro atoms. The molecule has 2 heterocycles. The smallest absolute Gasteiger partial charge is 0.111 e. The average Bonchev–Trinajstić information content (AvgIpc) is 2.88. The SMILES string of the molecule is COC1(Cn2cncc2[C@H](C)N)CCOC1. The number of methoxy groups -OCH3 is 1. The van der Waals surface area contributed by atoms with Crippen LogP contribution in [0.3, 0.4) is 0 Å². The summed E-state index contributed by atoms with van der Waals surface area (Å²) in [6.45, 7) is 4.11. The Morgan fingerprint density at radius 1 is 1.75 bits per heavy atom. The number of nitrogens with two attached hydrogens (primary N) is 1. The van der Waals surface area contributed by atoms with Gasteiger partial charge in [0.05, 0.1) is 25.2 Å². The fourth-order valence-electron chi connectivity index (χ4n) is 2.09. The first kappa shape index (κ1) is 11.6. The van der Waals surface area contributed by atoms with Gasteiger partial charge in [0.1, 0.15) is 5.60 Å². The summed E-state index contributed by atoms with van der Waals surface area (Å²) in [4.78, 5) is 4.14. The molecule has 16 heavy (non-hydrogen) atoms. The van der Waals surface area contributed by atoms with Crippen molar-refractivity contribution in [3.63, 3.8) is 0 Å². The van der Waals surface area contributed by atoms with E-state index in [1.807, 2.05) is 13.1 Å². The number of hydrogen-bond donors (Lipinski definition) is 1. The molecule has 1 aliphatic heterocycles. The molecule has 2 N–H and O–H groups in total. The van der Waals surface area contributed by atoms with Gasteiger partial charge >= 0.3 is 0 Å². The molecule has 0 radical (unpaired) electrons. The number of imidazole rings is 1. The maximum Gasteiger partial charge on any atom is 0.111 e. The first-order valence-corrected chi connectivity index (χ1v) is 5.55. The summed E-state index contributed by atoms with van der Waals surface area (Å²) in [5.74, 6) is 0. The number of ether oxygens (including phenoxy) is 2. The van der Waals surface area contributed by atoms with Crippen molar-refractivity contribution >= 4 is 0 Å². The van der Waals surface area contributed by atoms with Crippen LogP contribution in [-0.4, -0.2) is 35.5 Å². The molecule has 5 heteroatoms. The quantitative estimate of drug-likeness (QED) is 0.819. The highest BCUT2D eigenvalue weighted by molar-refractivity contribution is 5.04. The molecule has 5 nitrogen and oxygen atoms in total. The minimum absolute atomic E-state index is 0.0151. The van der Waals surface area contributed by atoms with E-state index in [1.54, 1.807) is 13.4 Å². The summed E-state index contributed by atoms with van der Waals surface area (Å²) in [6.07, 6.45) is 4.53. The standard InChI is InChI=1S/C11H19N3O2/c1-9(12)10-5-13-8-14(10)6-11(15-2)3-4-16-7-11/h5,8-9H,3-4,6-7,12H2,1-2H3/t9-,11?/m0/s1. The van der Waals surface area contributed by atoms with E-state index < -0.39 is 0 Å². The minimum Gasteiger partial charge on any atom is -0.378 e. The Labute approximate surface area is 95.6 Å². The van der Waals surface area contributed by atoms with E-state index in [0.29, 0.717) is 6.61 Å². The van der Waals surface area contributed by atoms with Crippen LogP contribution in [0.5, 0.6) is 0 Å². The molecular weight excluding hydrogens is 206 g/mol. The van der Waals surface area contributed by atoms with Gasteiger partial charge in [-0.2, -0.15) is 0 Å². The lowest BCUT2D eigenvalue weighted by Crippen LogP contribution is -2.37. The van der Waals surface area contributed by atoms with Crippen molar-refractivity contribution < 1.29 is 9.47 Å². The molecule has 0 bridgehead atoms. The number of nitrogens with zero attached hydrogens (tertiary/aromatic N) is 2. The molecule has 1 unspecified atom stereocenters. The first-order chi connectivity index (χ1) is 7.67. The van der Waals surface area contributed by atoms with Crippen LogP contribution < -0.4 is 5.73 Å². The molecular formula is C11H19N3O2. The molecule has 1 aromatic heterocycles. The summed E-state index contributed by atoms with van der Waals surface area (Å²) < 4.78 is 13.1. The molecule has 90 valence electrons. The van der Waals surface area contributed by atoms with E-state index in [9.17, 15) is 0 Å². The minimum atomic E-state index is -0.218. The molecule has 0 aliphatic carbocycles. The maximum absolute atomic E-state index is 5.88. The molecule has 2 rings (SSSR count). The van der Waals surface area contributed by atoms with Gasteiger partial charge in [-0.05, 0) is 6.92 Å². The fraction of sp³-hybridized carbons (Fsp3) is 0.727. The van der Waals surface area contributed by atoms with E-state index in [4.69, 9.17) is 15.2 Å². The molecule has 2 atom stereocenters. The zero-order valence-electron chi connectivity index (χ0n) is 9.85. The Morgan fingerprint density at radius 3 is 3.12 bits per heavy atom. The van der Waals surface area contributed by atoms with Crippen LogP contribution in [0, 0.1) is 0 Å². The Morgan fingerprint density at radius 2 is 2.56 bits per heavy atom. The molecule has 1 fully saturated rings. The lowest BCUT2D eigenvalue weighted by Gasteiger charge is -2.27. The third-order valence-electron chi connectivity index (χ3n) is 3.17. The zero-order chi connectivity index (χ0) is 11.6. The molecule has 1 saturated heterocycles. The fourth-order valence-corrected chi connectivity index (χ4v) is 2.09. The third kappa shape index (κ3) is 2.11. The first-order valence-electron chi connectivity index (χ1n) is 5.55. The van der Waals surface area contributed by atoms with Crippen molar-refractivity contribution in [1.29, 1.82) is 0 Å². The van der Waals surface area contributed by atoms with Crippen LogP contribution in [0.2, 0.25) is 0 Å². The van der Waals surface area contributed by atoms with Crippen molar-refractivity contribution in [2.24, 2.45) is 5.73 Å². The van der Waals surface area contributed by atoms with Crippen molar-refractivity contribution in [2.45, 2.75) is 31.5 Å². The number of aromatic nitrogens is 2. The van der Waals surface area contributed by atoms with E-state index >= 15 is 0 Å². The Kier molecular flexibility index (Phi) is 3.28. The molecule has 0 saturated carbocycles. The van der Waals surface area contributed by atoms with Gasteiger partial charge < -0.3 is 19.8 Å². The van der Waals surface area contributed by atoms with Crippen LogP contribution in [-0.2, 0) is 16.0 Å². The summed E-state index contributed by atoms with van der Waals surface area (Å²) in [6, 6.07) is -0.0151. The second kappa shape index (κ2) is 4.53. The largest absolute Gasteiger partial charge is 0.378 e. The third-order valence-corrected chi connectivity index (χ3v) is 3.17. The topological polar surface area (TPSA) is 62.3 Å². The van der Waals surface area contributed by atoms with Crippen molar-refractivity contribution in [1.82, 2.24) is 9.55 Å². The van der Waals surface area contributed by atoms with Gasteiger partial charge in [0.25, 0.3) is 0 Å². The monoisotopic (exact) mass is 225 g/mol. The van der Waals surface area contributed by atoms with Gasteiger partial charge in [-0.15, -0.1) is 0 Å². The average molecular weight is 225 g/mol.